The summed E-state index contributed by atoms with van der Waals surface area (Å²) in [5.41, 5.74) is 0. The summed E-state index contributed by atoms with van der Waals surface area (Å²) in [6.45, 7) is 0. The van der Waals surface area contributed by atoms with Gasteiger partial charge in [-0.15, -0.1) is 0 Å². The average Bonchev–Trinajstić information content (AvgIpc) is 1.72. The molecule has 0 aliphatic carbocycles. The molecule has 0 unspecified atom stereocenters. The van der Waals surface area contributed by atoms with Crippen LogP contribution in [-0.2, 0) is 0 Å². The number of hydrogen-bond acceptors (Lipinski definition) is 0. The van der Waals surface area contributed by atoms with Crippen LogP contribution >= 0.6 is 0 Å². The van der Waals surface area contributed by atoms with Crippen molar-refractivity contribution in [3.63, 3.8) is 0 Å². The summed E-state index contributed by atoms with van der Waals surface area (Å²) in [7, 11) is 0. The standard InChI is InChI=1S/C6H6.Na.H2O.H/c1-2-4-6-5-3-1;;;/h1-6H;;1H2;. The minimum absolute atomic E-state index is 0. The molecule has 8 heavy (non-hydrogen) atoms. The molecule has 2 heteroatoms. The predicted octanol–water partition coefficient (Wildman–Crippen LogP) is 0.213. The van der Waals surface area contributed by atoms with Gasteiger partial charge in [0.15, 0.2) is 0 Å². The van der Waals surface area contributed by atoms with Crippen LogP contribution in [0.5, 0.6) is 0 Å². The molecule has 0 aromatic heterocycles. The van der Waals surface area contributed by atoms with Crippen LogP contribution in [0.3, 0.4) is 0 Å². The molecule has 0 aliphatic rings. The quantitative estimate of drug-likeness (QED) is 0.438. The normalized spacial score (nSPS) is 6.00. The van der Waals surface area contributed by atoms with Crippen LogP contribution in [0.25, 0.3) is 0 Å². The van der Waals surface area contributed by atoms with Crippen molar-refractivity contribution in [3.8, 4) is 0 Å². The summed E-state index contributed by atoms with van der Waals surface area (Å²) in [5.74, 6) is 0. The molecule has 0 atom stereocenters. The van der Waals surface area contributed by atoms with E-state index in [1.165, 1.54) is 0 Å². The van der Waals surface area contributed by atoms with Gasteiger partial charge in [0.2, 0.25) is 0 Å². The van der Waals surface area contributed by atoms with Crippen molar-refractivity contribution in [2.75, 3.05) is 0 Å². The van der Waals surface area contributed by atoms with Crippen molar-refractivity contribution in [3.05, 3.63) is 36.4 Å². The van der Waals surface area contributed by atoms with Crippen molar-refractivity contribution < 1.29 is 5.48 Å². The van der Waals surface area contributed by atoms with Gasteiger partial charge >= 0.3 is 29.6 Å². The molecule has 0 saturated carbocycles. The third-order valence-electron chi connectivity index (χ3n) is 0.667. The molecule has 1 rings (SSSR count). The van der Waals surface area contributed by atoms with Crippen LogP contribution in [0.2, 0.25) is 0 Å². The van der Waals surface area contributed by atoms with Gasteiger partial charge in [-0.25, -0.2) is 0 Å². The molecule has 2 N–H and O–H groups in total. The maximum atomic E-state index is 2.00. The Kier molecular flexibility index (Phi) is 9.91. The minimum atomic E-state index is 0. The summed E-state index contributed by atoms with van der Waals surface area (Å²) in [6.07, 6.45) is 0. The zero-order valence-electron chi connectivity index (χ0n) is 3.96. The fourth-order valence-corrected chi connectivity index (χ4v) is 0.385. The molecule has 0 spiro atoms. The minimum Gasteiger partial charge on any atom is -0.0623 e. The van der Waals surface area contributed by atoms with Gasteiger partial charge < -0.3 is 5.48 Å². The number of benzene rings is 1. The molecule has 0 fully saturated rings. The van der Waals surface area contributed by atoms with Gasteiger partial charge in [0, 0.05) is 0 Å². The largest absolute Gasteiger partial charge is 0.0623 e. The first kappa shape index (κ1) is 11.0. The van der Waals surface area contributed by atoms with E-state index >= 15 is 0 Å². The zero-order valence-corrected chi connectivity index (χ0v) is 3.96. The monoisotopic (exact) mass is 120 g/mol. The SMILES string of the molecule is O.[NaH].c1ccccc1. The smallest absolute Gasteiger partial charge is 0.0623 e. The molecule has 0 saturated heterocycles. The molecule has 0 bridgehead atoms. The molecule has 0 aliphatic heterocycles. The first-order valence-corrected chi connectivity index (χ1v) is 2.00. The van der Waals surface area contributed by atoms with E-state index in [2.05, 4.69) is 0 Å². The van der Waals surface area contributed by atoms with Gasteiger partial charge in [-0.3, -0.25) is 0 Å². The third kappa shape index (κ3) is 4.34. The van der Waals surface area contributed by atoms with Crippen molar-refractivity contribution in [2.24, 2.45) is 0 Å². The van der Waals surface area contributed by atoms with Crippen LogP contribution in [0.4, 0.5) is 0 Å². The second kappa shape index (κ2) is 7.18. The first-order valence-electron chi connectivity index (χ1n) is 2.00. The van der Waals surface area contributed by atoms with Gasteiger partial charge in [0.25, 0.3) is 0 Å². The fraction of sp³-hybridized carbons (Fsp3) is 0. The Morgan fingerprint density at radius 3 is 0.750 bits per heavy atom. The second-order valence-corrected chi connectivity index (χ2v) is 1.15. The third-order valence-corrected chi connectivity index (χ3v) is 0.667. The number of rotatable bonds is 0. The van der Waals surface area contributed by atoms with Crippen LogP contribution < -0.4 is 0 Å². The maximum Gasteiger partial charge on any atom is -0.0623 e. The molecule has 0 amide bonds. The van der Waals surface area contributed by atoms with Crippen LogP contribution in [0.15, 0.2) is 36.4 Å². The van der Waals surface area contributed by atoms with Gasteiger partial charge in [-0.2, -0.15) is 0 Å². The van der Waals surface area contributed by atoms with E-state index in [4.69, 9.17) is 0 Å². The van der Waals surface area contributed by atoms with E-state index < -0.39 is 0 Å². The fourth-order valence-electron chi connectivity index (χ4n) is 0.385. The van der Waals surface area contributed by atoms with Gasteiger partial charge in [-0.1, -0.05) is 36.4 Å². The van der Waals surface area contributed by atoms with Gasteiger partial charge in [0.1, 0.15) is 0 Å². The summed E-state index contributed by atoms with van der Waals surface area (Å²) in [4.78, 5) is 0. The van der Waals surface area contributed by atoms with Crippen LogP contribution in [0, 0.1) is 0 Å². The molecule has 1 aromatic rings. The van der Waals surface area contributed by atoms with Gasteiger partial charge in [-0.05, 0) is 0 Å². The van der Waals surface area contributed by atoms with E-state index in [1.54, 1.807) is 0 Å². The van der Waals surface area contributed by atoms with Gasteiger partial charge in [0.05, 0.1) is 0 Å². The van der Waals surface area contributed by atoms with Crippen molar-refractivity contribution in [1.29, 1.82) is 0 Å². The average molecular weight is 120 g/mol. The Balaban J connectivity index is 0. The molecule has 1 nitrogen and oxygen atoms in total. The van der Waals surface area contributed by atoms with E-state index in [0.717, 1.165) is 0 Å². The second-order valence-electron chi connectivity index (χ2n) is 1.15. The van der Waals surface area contributed by atoms with Crippen molar-refractivity contribution in [1.82, 2.24) is 0 Å². The van der Waals surface area contributed by atoms with E-state index in [9.17, 15) is 0 Å². The molecule has 40 valence electrons. The van der Waals surface area contributed by atoms with Crippen LogP contribution in [-0.4, -0.2) is 35.0 Å². The Morgan fingerprint density at radius 1 is 0.500 bits per heavy atom. The van der Waals surface area contributed by atoms with Crippen molar-refractivity contribution >= 4 is 29.6 Å². The van der Waals surface area contributed by atoms with E-state index in [-0.39, 0.29) is 35.0 Å². The van der Waals surface area contributed by atoms with E-state index in [0.29, 0.717) is 0 Å². The van der Waals surface area contributed by atoms with Crippen molar-refractivity contribution in [2.45, 2.75) is 0 Å². The molecule has 0 heterocycles. The molecular weight excluding hydrogens is 111 g/mol. The Labute approximate surface area is 71.3 Å². The summed E-state index contributed by atoms with van der Waals surface area (Å²) < 4.78 is 0. The van der Waals surface area contributed by atoms with Crippen LogP contribution in [0.1, 0.15) is 0 Å². The Morgan fingerprint density at radius 2 is 0.625 bits per heavy atom. The summed E-state index contributed by atoms with van der Waals surface area (Å²) >= 11 is 0. The van der Waals surface area contributed by atoms with E-state index in [1.807, 2.05) is 36.4 Å². The Bertz CT molecular complexity index is 80.5. The maximum absolute atomic E-state index is 2.00. The molecule has 0 radical (unpaired) electrons. The molecular formula is C6H9NaO. The first-order chi connectivity index (χ1) is 3.00. The molecule has 1 aromatic carbocycles. The Hall–Kier alpha value is 0.180. The topological polar surface area (TPSA) is 31.5 Å². The summed E-state index contributed by atoms with van der Waals surface area (Å²) in [6, 6.07) is 12.0. The number of hydrogen-bond donors (Lipinski definition) is 0. The zero-order chi connectivity index (χ0) is 4.24. The summed E-state index contributed by atoms with van der Waals surface area (Å²) in [5, 5.41) is 0. The predicted molar refractivity (Wildman–Crippen MR) is 37.2 cm³/mol.